The number of benzene rings is 1. The molecular formula is C20H25N7O4. The molecule has 11 heteroatoms. The second-order valence-corrected chi connectivity index (χ2v) is 7.24. The summed E-state index contributed by atoms with van der Waals surface area (Å²) in [4.78, 5) is 39.5. The number of anilines is 3. The van der Waals surface area contributed by atoms with Crippen LogP contribution >= 0.6 is 0 Å². The van der Waals surface area contributed by atoms with Crippen molar-refractivity contribution >= 4 is 23.1 Å². The molecule has 0 aliphatic rings. The Morgan fingerprint density at radius 3 is 2.19 bits per heavy atom. The lowest BCUT2D eigenvalue weighted by atomic mass is 10.2. The van der Waals surface area contributed by atoms with Crippen LogP contribution in [0.3, 0.4) is 0 Å². The molecular weight excluding hydrogens is 402 g/mol. The van der Waals surface area contributed by atoms with Crippen molar-refractivity contribution in [3.8, 4) is 5.75 Å². The number of hydrogen-bond donors (Lipinski definition) is 3. The number of nitrogens with one attached hydrogen (secondary N) is 2. The van der Waals surface area contributed by atoms with E-state index in [2.05, 4.69) is 15.7 Å². The first-order valence-electron chi connectivity index (χ1n) is 9.46. The van der Waals surface area contributed by atoms with Crippen LogP contribution in [0, 0.1) is 0 Å². The second-order valence-electron chi connectivity index (χ2n) is 7.24. The summed E-state index contributed by atoms with van der Waals surface area (Å²) in [6, 6.07) is 9.38. The summed E-state index contributed by atoms with van der Waals surface area (Å²) in [5.74, 6) is -0.987. The number of carbonyl (C=O) groups excluding carboxylic acids is 1. The SMILES string of the molecule is CN(C)C(=O)c1c(O)c(Nc2c(NCc3ccccc3)c(=O)n(C)n(C)c2=O)nn1C. The van der Waals surface area contributed by atoms with Gasteiger partial charge < -0.3 is 20.6 Å². The van der Waals surface area contributed by atoms with E-state index in [0.717, 1.165) is 10.2 Å². The molecule has 0 unspecified atom stereocenters. The van der Waals surface area contributed by atoms with Crippen LogP contribution in [0.2, 0.25) is 0 Å². The molecule has 11 nitrogen and oxygen atoms in total. The number of carbonyl (C=O) groups is 1. The Balaban J connectivity index is 2.07. The first-order chi connectivity index (χ1) is 14.6. The third kappa shape index (κ3) is 4.02. The van der Waals surface area contributed by atoms with E-state index in [1.54, 1.807) is 14.1 Å². The highest BCUT2D eigenvalue weighted by molar-refractivity contribution is 5.97. The van der Waals surface area contributed by atoms with Gasteiger partial charge in [0.1, 0.15) is 11.4 Å². The van der Waals surface area contributed by atoms with Crippen LogP contribution in [0.25, 0.3) is 0 Å². The molecule has 0 saturated carbocycles. The van der Waals surface area contributed by atoms with Crippen molar-refractivity contribution in [3.63, 3.8) is 0 Å². The molecule has 3 N–H and O–H groups in total. The van der Waals surface area contributed by atoms with Gasteiger partial charge in [-0.25, -0.2) is 9.36 Å². The van der Waals surface area contributed by atoms with Crippen molar-refractivity contribution < 1.29 is 9.90 Å². The highest BCUT2D eigenvalue weighted by Crippen LogP contribution is 2.30. The molecule has 3 aromatic rings. The van der Waals surface area contributed by atoms with Gasteiger partial charge in [-0.05, 0) is 5.56 Å². The summed E-state index contributed by atoms with van der Waals surface area (Å²) in [7, 11) is 7.52. The van der Waals surface area contributed by atoms with E-state index in [0.29, 0.717) is 6.54 Å². The fraction of sp³-hybridized carbons (Fsp3) is 0.300. The minimum Gasteiger partial charge on any atom is -0.503 e. The van der Waals surface area contributed by atoms with Gasteiger partial charge in [0.15, 0.2) is 17.3 Å². The summed E-state index contributed by atoms with van der Waals surface area (Å²) >= 11 is 0. The Bertz CT molecular complexity index is 1240. The maximum atomic E-state index is 12.9. The monoisotopic (exact) mass is 427 g/mol. The fourth-order valence-electron chi connectivity index (χ4n) is 3.04. The van der Waals surface area contributed by atoms with E-state index in [4.69, 9.17) is 0 Å². The molecule has 0 atom stereocenters. The molecule has 2 heterocycles. The molecule has 164 valence electrons. The minimum absolute atomic E-state index is 0.0278. The minimum atomic E-state index is -0.511. The standard InChI is InChI=1S/C20H25N7O4/c1-24(2)20(31)15-16(28)17(23-25(15)3)22-14-13(18(29)26(4)27(5)19(14)30)21-11-12-9-7-6-8-10-12/h6-10,21,28H,11H2,1-5H3,(H,22,23). The molecule has 31 heavy (non-hydrogen) atoms. The zero-order valence-electron chi connectivity index (χ0n) is 18.0. The van der Waals surface area contributed by atoms with Crippen LogP contribution in [0.5, 0.6) is 5.75 Å². The predicted octanol–water partition coefficient (Wildman–Crippen LogP) is 0.581. The normalized spacial score (nSPS) is 10.7. The lowest BCUT2D eigenvalue weighted by Gasteiger charge is -2.16. The topological polar surface area (TPSA) is 126 Å². The summed E-state index contributed by atoms with van der Waals surface area (Å²) < 4.78 is 3.53. The average Bonchev–Trinajstić information content (AvgIpc) is 3.03. The molecule has 2 aromatic heterocycles. The highest BCUT2D eigenvalue weighted by Gasteiger charge is 2.25. The molecule has 0 aliphatic heterocycles. The number of aromatic hydroxyl groups is 1. The predicted molar refractivity (Wildman–Crippen MR) is 117 cm³/mol. The maximum absolute atomic E-state index is 12.9. The zero-order valence-corrected chi connectivity index (χ0v) is 18.0. The molecule has 1 amide bonds. The second kappa shape index (κ2) is 8.38. The smallest absolute Gasteiger partial charge is 0.291 e. The Labute approximate surface area is 178 Å². The maximum Gasteiger partial charge on any atom is 0.291 e. The Kier molecular flexibility index (Phi) is 5.86. The first kappa shape index (κ1) is 21.7. The summed E-state index contributed by atoms with van der Waals surface area (Å²) in [6.07, 6.45) is 0. The molecule has 0 saturated heterocycles. The fourth-order valence-corrected chi connectivity index (χ4v) is 3.04. The van der Waals surface area contributed by atoms with Crippen molar-refractivity contribution in [2.24, 2.45) is 21.1 Å². The van der Waals surface area contributed by atoms with Crippen molar-refractivity contribution in [1.82, 2.24) is 24.0 Å². The summed E-state index contributed by atoms with van der Waals surface area (Å²) in [5.41, 5.74) is -0.148. The molecule has 0 radical (unpaired) electrons. The number of amides is 1. The number of hydrogen-bond acceptors (Lipinski definition) is 7. The number of nitrogens with zero attached hydrogens (tertiary/aromatic N) is 5. The van der Waals surface area contributed by atoms with Crippen LogP contribution < -0.4 is 21.8 Å². The van der Waals surface area contributed by atoms with Gasteiger partial charge in [0.25, 0.3) is 17.0 Å². The first-order valence-corrected chi connectivity index (χ1v) is 9.46. The molecule has 3 rings (SSSR count). The Hall–Kier alpha value is -4.02. The van der Waals surface area contributed by atoms with Crippen LogP contribution in [0.4, 0.5) is 17.2 Å². The third-order valence-corrected chi connectivity index (χ3v) is 4.90. The molecule has 0 aliphatic carbocycles. The zero-order chi connectivity index (χ0) is 22.9. The summed E-state index contributed by atoms with van der Waals surface area (Å²) in [5, 5.41) is 20.4. The van der Waals surface area contributed by atoms with E-state index >= 15 is 0 Å². The van der Waals surface area contributed by atoms with Crippen LogP contribution in [0.15, 0.2) is 39.9 Å². The number of aromatic nitrogens is 4. The summed E-state index contributed by atoms with van der Waals surface area (Å²) in [6.45, 7) is 0.302. The van der Waals surface area contributed by atoms with E-state index < -0.39 is 22.8 Å². The van der Waals surface area contributed by atoms with Gasteiger partial charge >= 0.3 is 0 Å². The van der Waals surface area contributed by atoms with Crippen molar-refractivity contribution in [1.29, 1.82) is 0 Å². The van der Waals surface area contributed by atoms with Crippen molar-refractivity contribution in [3.05, 3.63) is 62.3 Å². The van der Waals surface area contributed by atoms with Gasteiger partial charge in [-0.3, -0.25) is 19.1 Å². The van der Waals surface area contributed by atoms with Gasteiger partial charge in [-0.2, -0.15) is 5.10 Å². The average molecular weight is 427 g/mol. The van der Waals surface area contributed by atoms with Crippen LogP contribution in [0.1, 0.15) is 16.1 Å². The molecule has 1 aromatic carbocycles. The van der Waals surface area contributed by atoms with Crippen molar-refractivity contribution in [2.75, 3.05) is 24.7 Å². The van der Waals surface area contributed by atoms with Gasteiger partial charge in [0.05, 0.1) is 0 Å². The van der Waals surface area contributed by atoms with Crippen LogP contribution in [-0.2, 0) is 27.7 Å². The lowest BCUT2D eigenvalue weighted by Crippen LogP contribution is -2.38. The van der Waals surface area contributed by atoms with Crippen molar-refractivity contribution in [2.45, 2.75) is 6.54 Å². The quantitative estimate of drug-likeness (QED) is 0.525. The van der Waals surface area contributed by atoms with Crippen LogP contribution in [-0.4, -0.2) is 49.2 Å². The Morgan fingerprint density at radius 1 is 1.03 bits per heavy atom. The van der Waals surface area contributed by atoms with Gasteiger partial charge in [-0.15, -0.1) is 0 Å². The molecule has 0 spiro atoms. The largest absolute Gasteiger partial charge is 0.503 e. The number of rotatable bonds is 6. The van der Waals surface area contributed by atoms with E-state index in [-0.39, 0.29) is 22.9 Å². The molecule has 0 bridgehead atoms. The van der Waals surface area contributed by atoms with E-state index in [1.165, 1.54) is 35.4 Å². The lowest BCUT2D eigenvalue weighted by molar-refractivity contribution is 0.0814. The Morgan fingerprint density at radius 2 is 1.61 bits per heavy atom. The number of aryl methyl sites for hydroxylation is 1. The van der Waals surface area contributed by atoms with Gasteiger partial charge in [-0.1, -0.05) is 30.3 Å². The van der Waals surface area contributed by atoms with E-state index in [9.17, 15) is 19.5 Å². The van der Waals surface area contributed by atoms with Gasteiger partial charge in [0.2, 0.25) is 0 Å². The molecule has 0 fully saturated rings. The van der Waals surface area contributed by atoms with Gasteiger partial charge in [0, 0.05) is 41.8 Å². The third-order valence-electron chi connectivity index (χ3n) is 4.90. The van der Waals surface area contributed by atoms with E-state index in [1.807, 2.05) is 30.3 Å². The highest BCUT2D eigenvalue weighted by atomic mass is 16.3.